The SMILES string of the molecule is CCOC(=O)CSc1nc2c(sc3nc(-n4nc(C)cc4C)nc(-c4ccccc4)c32)c(=O)[nH]1. The van der Waals surface area contributed by atoms with Gasteiger partial charge < -0.3 is 9.72 Å². The molecule has 5 aromatic rings. The number of thioether (sulfide) groups is 1. The molecule has 0 aliphatic carbocycles. The van der Waals surface area contributed by atoms with Crippen LogP contribution in [-0.2, 0) is 9.53 Å². The van der Waals surface area contributed by atoms with Crippen molar-refractivity contribution in [2.24, 2.45) is 0 Å². The van der Waals surface area contributed by atoms with Crippen LogP contribution in [0.1, 0.15) is 18.3 Å². The minimum atomic E-state index is -0.367. The highest BCUT2D eigenvalue weighted by Crippen LogP contribution is 2.37. The monoisotopic (exact) mass is 492 g/mol. The molecule has 1 N–H and O–H groups in total. The molecule has 0 saturated heterocycles. The number of aromatic nitrogens is 6. The van der Waals surface area contributed by atoms with Crippen molar-refractivity contribution < 1.29 is 9.53 Å². The lowest BCUT2D eigenvalue weighted by molar-refractivity contribution is -0.139. The van der Waals surface area contributed by atoms with Crippen LogP contribution < -0.4 is 5.56 Å². The first-order valence-electron chi connectivity index (χ1n) is 10.6. The Kier molecular flexibility index (Phi) is 5.88. The summed E-state index contributed by atoms with van der Waals surface area (Å²) >= 11 is 2.38. The Morgan fingerprint density at radius 3 is 2.68 bits per heavy atom. The first-order valence-corrected chi connectivity index (χ1v) is 12.4. The van der Waals surface area contributed by atoms with Crippen LogP contribution in [0.15, 0.2) is 46.3 Å². The number of rotatable bonds is 6. The summed E-state index contributed by atoms with van der Waals surface area (Å²) in [5.41, 5.74) is 3.53. The lowest BCUT2D eigenvalue weighted by atomic mass is 10.1. The third-order valence-corrected chi connectivity index (χ3v) is 6.95. The largest absolute Gasteiger partial charge is 0.465 e. The van der Waals surface area contributed by atoms with Gasteiger partial charge in [0.15, 0.2) is 5.16 Å². The molecule has 5 rings (SSSR count). The Morgan fingerprint density at radius 1 is 1.18 bits per heavy atom. The maximum absolute atomic E-state index is 12.9. The second-order valence-corrected chi connectivity index (χ2v) is 9.46. The number of aromatic amines is 1. The molecule has 0 fully saturated rings. The van der Waals surface area contributed by atoms with Gasteiger partial charge in [-0.15, -0.1) is 11.3 Å². The zero-order chi connectivity index (χ0) is 23.8. The summed E-state index contributed by atoms with van der Waals surface area (Å²) in [6.45, 7) is 5.91. The summed E-state index contributed by atoms with van der Waals surface area (Å²) < 4.78 is 7.12. The lowest BCUT2D eigenvalue weighted by Crippen LogP contribution is -2.10. The minimum absolute atomic E-state index is 0.0501. The van der Waals surface area contributed by atoms with Crippen molar-refractivity contribution in [3.05, 3.63) is 58.1 Å². The number of hydrogen-bond acceptors (Lipinski definition) is 9. The standard InChI is InChI=1S/C23H20N6O3S2/c1-4-32-15(30)11-33-23-25-18-16-17(14-8-6-5-7-9-14)24-22(29-13(3)10-12(2)28-29)27-21(16)34-19(18)20(31)26-23/h5-10H,4,11H2,1-3H3,(H,25,26,31). The quantitative estimate of drug-likeness (QED) is 0.214. The van der Waals surface area contributed by atoms with E-state index < -0.39 is 0 Å². The van der Waals surface area contributed by atoms with Crippen LogP contribution in [-0.4, -0.2) is 48.0 Å². The Hall–Kier alpha value is -3.57. The highest BCUT2D eigenvalue weighted by atomic mass is 32.2. The van der Waals surface area contributed by atoms with Gasteiger partial charge in [0.05, 0.1) is 29.1 Å². The summed E-state index contributed by atoms with van der Waals surface area (Å²) in [6, 6.07) is 11.7. The molecule has 0 unspecified atom stereocenters. The van der Waals surface area contributed by atoms with E-state index in [-0.39, 0.29) is 17.3 Å². The van der Waals surface area contributed by atoms with Crippen LogP contribution in [0.2, 0.25) is 0 Å². The normalized spacial score (nSPS) is 11.4. The Morgan fingerprint density at radius 2 is 1.97 bits per heavy atom. The van der Waals surface area contributed by atoms with Gasteiger partial charge in [-0.2, -0.15) is 10.1 Å². The van der Waals surface area contributed by atoms with E-state index in [2.05, 4.69) is 15.1 Å². The highest BCUT2D eigenvalue weighted by Gasteiger charge is 2.21. The third kappa shape index (κ3) is 4.08. The van der Waals surface area contributed by atoms with Crippen molar-refractivity contribution in [2.45, 2.75) is 25.9 Å². The fourth-order valence-electron chi connectivity index (χ4n) is 3.65. The van der Waals surface area contributed by atoms with Crippen molar-refractivity contribution >= 4 is 49.5 Å². The molecular formula is C23H20N6O3S2. The summed E-state index contributed by atoms with van der Waals surface area (Å²) in [7, 11) is 0. The molecule has 4 aromatic heterocycles. The number of aryl methyl sites for hydroxylation is 2. The van der Waals surface area contributed by atoms with Crippen molar-refractivity contribution in [3.8, 4) is 17.2 Å². The predicted molar refractivity (Wildman–Crippen MR) is 133 cm³/mol. The molecule has 0 saturated carbocycles. The number of H-pyrrole nitrogens is 1. The van der Waals surface area contributed by atoms with Crippen LogP contribution >= 0.6 is 23.1 Å². The fraction of sp³-hybridized carbons (Fsp3) is 0.217. The zero-order valence-electron chi connectivity index (χ0n) is 18.7. The van der Waals surface area contributed by atoms with E-state index in [0.717, 1.165) is 28.7 Å². The second kappa shape index (κ2) is 8.99. The summed E-state index contributed by atoms with van der Waals surface area (Å²) in [6.07, 6.45) is 0. The van der Waals surface area contributed by atoms with Gasteiger partial charge in [0, 0.05) is 11.3 Å². The first kappa shape index (κ1) is 22.2. The van der Waals surface area contributed by atoms with Gasteiger partial charge in [-0.3, -0.25) is 9.59 Å². The second-order valence-electron chi connectivity index (χ2n) is 7.50. The topological polar surface area (TPSA) is 116 Å². The van der Waals surface area contributed by atoms with Crippen LogP contribution in [0.5, 0.6) is 0 Å². The van der Waals surface area contributed by atoms with Gasteiger partial charge in [0.25, 0.3) is 11.5 Å². The third-order valence-electron chi connectivity index (χ3n) is 5.03. The van der Waals surface area contributed by atoms with E-state index in [0.29, 0.717) is 43.8 Å². The van der Waals surface area contributed by atoms with Crippen molar-refractivity contribution in [3.63, 3.8) is 0 Å². The number of benzene rings is 1. The smallest absolute Gasteiger partial charge is 0.316 e. The molecule has 34 heavy (non-hydrogen) atoms. The van der Waals surface area contributed by atoms with E-state index in [1.807, 2.05) is 50.2 Å². The number of carbonyl (C=O) groups excluding carboxylic acids is 1. The van der Waals surface area contributed by atoms with Crippen LogP contribution in [0.4, 0.5) is 0 Å². The minimum Gasteiger partial charge on any atom is -0.465 e. The molecule has 0 atom stereocenters. The molecule has 1 aromatic carbocycles. The van der Waals surface area contributed by atoms with Crippen molar-refractivity contribution in [1.29, 1.82) is 0 Å². The number of esters is 1. The van der Waals surface area contributed by atoms with Crippen molar-refractivity contribution in [1.82, 2.24) is 29.7 Å². The summed E-state index contributed by atoms with van der Waals surface area (Å²) in [5.74, 6) is 0.110. The number of nitrogens with one attached hydrogen (secondary N) is 1. The van der Waals surface area contributed by atoms with E-state index in [1.54, 1.807) is 11.6 Å². The van der Waals surface area contributed by atoms with Gasteiger partial charge in [-0.25, -0.2) is 14.6 Å². The van der Waals surface area contributed by atoms with Crippen molar-refractivity contribution in [2.75, 3.05) is 12.4 Å². The van der Waals surface area contributed by atoms with Crippen LogP contribution in [0.25, 0.3) is 37.6 Å². The van der Waals surface area contributed by atoms with E-state index in [4.69, 9.17) is 14.7 Å². The van der Waals surface area contributed by atoms with Gasteiger partial charge in [-0.05, 0) is 26.8 Å². The number of hydrogen-bond donors (Lipinski definition) is 1. The zero-order valence-corrected chi connectivity index (χ0v) is 20.3. The molecule has 4 heterocycles. The molecule has 0 spiro atoms. The molecule has 9 nitrogen and oxygen atoms in total. The van der Waals surface area contributed by atoms with E-state index in [1.165, 1.54) is 11.3 Å². The first-order chi connectivity index (χ1) is 16.4. The van der Waals surface area contributed by atoms with Gasteiger partial charge in [-0.1, -0.05) is 42.1 Å². The molecule has 0 bridgehead atoms. The Bertz CT molecular complexity index is 1590. The average molecular weight is 493 g/mol. The maximum Gasteiger partial charge on any atom is 0.316 e. The van der Waals surface area contributed by atoms with Gasteiger partial charge in [0.1, 0.15) is 15.0 Å². The predicted octanol–water partition coefficient (Wildman–Crippen LogP) is 4.05. The molecule has 0 aliphatic rings. The summed E-state index contributed by atoms with van der Waals surface area (Å²) in [4.78, 5) is 42.4. The Balaban J connectivity index is 1.74. The lowest BCUT2D eigenvalue weighted by Gasteiger charge is -2.08. The number of thiophene rings is 1. The highest BCUT2D eigenvalue weighted by molar-refractivity contribution is 7.99. The molecule has 11 heteroatoms. The fourth-order valence-corrected chi connectivity index (χ4v) is 5.31. The average Bonchev–Trinajstić information content (AvgIpc) is 3.37. The van der Waals surface area contributed by atoms with E-state index in [9.17, 15) is 9.59 Å². The molecule has 0 radical (unpaired) electrons. The van der Waals surface area contributed by atoms with Gasteiger partial charge >= 0.3 is 5.97 Å². The van der Waals surface area contributed by atoms with Crippen LogP contribution in [0, 0.1) is 13.8 Å². The molecule has 0 amide bonds. The van der Waals surface area contributed by atoms with E-state index >= 15 is 0 Å². The number of fused-ring (bicyclic) bond motifs is 3. The molecule has 0 aliphatic heterocycles. The molecule has 172 valence electrons. The van der Waals surface area contributed by atoms with Crippen LogP contribution in [0.3, 0.4) is 0 Å². The number of ether oxygens (including phenoxy) is 1. The number of carbonyl (C=O) groups is 1. The van der Waals surface area contributed by atoms with Gasteiger partial charge in [0.2, 0.25) is 0 Å². The summed E-state index contributed by atoms with van der Waals surface area (Å²) in [5, 5.41) is 5.56. The Labute approximate surface area is 202 Å². The maximum atomic E-state index is 12.9. The molecular weight excluding hydrogens is 472 g/mol. The number of nitrogens with zero attached hydrogens (tertiary/aromatic N) is 5.